The summed E-state index contributed by atoms with van der Waals surface area (Å²) in [6.07, 6.45) is 3.50. The second-order valence-corrected chi connectivity index (χ2v) is 4.09. The number of hydrogen-bond acceptors (Lipinski definition) is 2. The Morgan fingerprint density at radius 2 is 2.60 bits per heavy atom. The predicted octanol–water partition coefficient (Wildman–Crippen LogP) is 1.54. The van der Waals surface area contributed by atoms with Crippen LogP contribution >= 0.6 is 11.8 Å². The van der Waals surface area contributed by atoms with Crippen molar-refractivity contribution in [3.8, 4) is 0 Å². The number of fused-ring (bicyclic) bond motifs is 1. The van der Waals surface area contributed by atoms with Crippen molar-refractivity contribution in [1.29, 1.82) is 0 Å². The van der Waals surface area contributed by atoms with Crippen LogP contribution in [0.15, 0.2) is 23.1 Å². The van der Waals surface area contributed by atoms with Crippen LogP contribution in [0, 0.1) is 0 Å². The van der Waals surface area contributed by atoms with Gasteiger partial charge in [-0.1, -0.05) is 6.58 Å². The molecule has 0 aromatic carbocycles. The lowest BCUT2D eigenvalue weighted by Crippen LogP contribution is -2.30. The van der Waals surface area contributed by atoms with Gasteiger partial charge in [0.15, 0.2) is 0 Å². The Morgan fingerprint density at radius 3 is 3.40 bits per heavy atom. The van der Waals surface area contributed by atoms with Gasteiger partial charge in [-0.25, -0.2) is 0 Å². The summed E-state index contributed by atoms with van der Waals surface area (Å²) < 4.78 is 0. The quantitative estimate of drug-likeness (QED) is 0.566. The topological polar surface area (TPSA) is 12.0 Å². The summed E-state index contributed by atoms with van der Waals surface area (Å²) in [6, 6.07) is 0. The van der Waals surface area contributed by atoms with E-state index in [-0.39, 0.29) is 0 Å². The molecule has 0 aromatic heterocycles. The lowest BCUT2D eigenvalue weighted by Gasteiger charge is -2.20. The molecule has 1 N–H and O–H groups in total. The highest BCUT2D eigenvalue weighted by Gasteiger charge is 2.24. The molecular weight excluding hydrogens is 142 g/mol. The molecule has 2 aliphatic rings. The van der Waals surface area contributed by atoms with Gasteiger partial charge in [0, 0.05) is 16.7 Å². The summed E-state index contributed by atoms with van der Waals surface area (Å²) in [5.74, 6) is 0. The zero-order valence-electron chi connectivity index (χ0n) is 5.89. The Kier molecular flexibility index (Phi) is 1.58. The first kappa shape index (κ1) is 6.50. The molecule has 2 aliphatic heterocycles. The first-order valence-corrected chi connectivity index (χ1v) is 4.51. The van der Waals surface area contributed by atoms with Gasteiger partial charge in [0.1, 0.15) is 0 Å². The molecule has 1 saturated heterocycles. The van der Waals surface area contributed by atoms with E-state index in [2.05, 4.69) is 18.0 Å². The molecule has 0 bridgehead atoms. The summed E-state index contributed by atoms with van der Waals surface area (Å²) in [5, 5.41) is 4.11. The van der Waals surface area contributed by atoms with Crippen molar-refractivity contribution < 1.29 is 0 Å². The fraction of sp³-hybridized carbons (Fsp3) is 0.500. The molecule has 1 atom stereocenters. The number of thioether (sulfide) groups is 1. The van der Waals surface area contributed by atoms with Crippen molar-refractivity contribution in [2.45, 2.75) is 11.7 Å². The molecule has 2 heteroatoms. The third-order valence-electron chi connectivity index (χ3n) is 1.97. The fourth-order valence-electron chi connectivity index (χ4n) is 1.47. The molecule has 1 fully saturated rings. The van der Waals surface area contributed by atoms with Crippen LogP contribution in [0.25, 0.3) is 0 Å². The molecule has 1 unspecified atom stereocenters. The second-order valence-electron chi connectivity index (χ2n) is 2.76. The van der Waals surface area contributed by atoms with E-state index < -0.39 is 0 Å². The fourth-order valence-corrected chi connectivity index (χ4v) is 2.59. The van der Waals surface area contributed by atoms with Crippen LogP contribution in [0.5, 0.6) is 0 Å². The van der Waals surface area contributed by atoms with Gasteiger partial charge in [-0.15, -0.1) is 11.8 Å². The van der Waals surface area contributed by atoms with E-state index in [1.165, 1.54) is 17.9 Å². The van der Waals surface area contributed by atoms with E-state index in [9.17, 15) is 0 Å². The highest BCUT2D eigenvalue weighted by Crippen LogP contribution is 2.37. The Bertz CT molecular complexity index is 195. The van der Waals surface area contributed by atoms with E-state index in [4.69, 9.17) is 0 Å². The lowest BCUT2D eigenvalue weighted by atomic mass is 10.1. The minimum atomic E-state index is 0.758. The average molecular weight is 153 g/mol. The molecule has 1 nitrogen and oxygen atoms in total. The van der Waals surface area contributed by atoms with Gasteiger partial charge < -0.3 is 5.32 Å². The number of nitrogens with one attached hydrogen (secondary N) is 1. The Labute approximate surface area is 65.6 Å². The normalized spacial score (nSPS) is 31.8. The Hall–Kier alpha value is -0.210. The smallest absolute Gasteiger partial charge is 0.0331 e. The van der Waals surface area contributed by atoms with Crippen molar-refractivity contribution >= 4 is 11.8 Å². The average Bonchev–Trinajstić information content (AvgIpc) is 2.27. The maximum Gasteiger partial charge on any atom is 0.0331 e. The van der Waals surface area contributed by atoms with E-state index in [0.717, 1.165) is 11.8 Å². The van der Waals surface area contributed by atoms with Crippen LogP contribution in [-0.2, 0) is 0 Å². The zero-order chi connectivity index (χ0) is 6.97. The van der Waals surface area contributed by atoms with Crippen molar-refractivity contribution in [2.24, 2.45) is 0 Å². The van der Waals surface area contributed by atoms with Crippen molar-refractivity contribution in [1.82, 2.24) is 5.32 Å². The predicted molar refractivity (Wildman–Crippen MR) is 46.1 cm³/mol. The van der Waals surface area contributed by atoms with Crippen molar-refractivity contribution in [3.05, 3.63) is 23.1 Å². The molecule has 10 heavy (non-hydrogen) atoms. The SMILES string of the molecule is C=C1C=C2CNCCC2S1. The highest BCUT2D eigenvalue weighted by molar-refractivity contribution is 8.04. The first-order chi connectivity index (χ1) is 4.86. The molecule has 54 valence electrons. The maximum atomic E-state index is 3.94. The van der Waals surface area contributed by atoms with Gasteiger partial charge in [-0.05, 0) is 24.6 Å². The third-order valence-corrected chi connectivity index (χ3v) is 3.21. The molecule has 2 heterocycles. The minimum Gasteiger partial charge on any atom is -0.313 e. The number of rotatable bonds is 0. The minimum absolute atomic E-state index is 0.758. The number of allylic oxidation sites excluding steroid dienone is 1. The van der Waals surface area contributed by atoms with Crippen LogP contribution in [0.3, 0.4) is 0 Å². The third kappa shape index (κ3) is 1.02. The van der Waals surface area contributed by atoms with Crippen LogP contribution in [0.1, 0.15) is 6.42 Å². The Balaban J connectivity index is 2.17. The molecule has 0 aliphatic carbocycles. The summed E-state index contributed by atoms with van der Waals surface area (Å²) in [5.41, 5.74) is 1.54. The van der Waals surface area contributed by atoms with Crippen LogP contribution in [0.4, 0.5) is 0 Å². The summed E-state index contributed by atoms with van der Waals surface area (Å²) in [6.45, 7) is 6.19. The van der Waals surface area contributed by atoms with E-state index in [0.29, 0.717) is 0 Å². The molecular formula is C8H11NS. The van der Waals surface area contributed by atoms with E-state index in [1.807, 2.05) is 11.8 Å². The van der Waals surface area contributed by atoms with Crippen molar-refractivity contribution in [2.75, 3.05) is 13.1 Å². The van der Waals surface area contributed by atoms with Gasteiger partial charge in [0.2, 0.25) is 0 Å². The van der Waals surface area contributed by atoms with Gasteiger partial charge in [0.25, 0.3) is 0 Å². The maximum absolute atomic E-state index is 3.94. The van der Waals surface area contributed by atoms with Gasteiger partial charge in [-0.2, -0.15) is 0 Å². The van der Waals surface area contributed by atoms with E-state index >= 15 is 0 Å². The number of hydrogen-bond donors (Lipinski definition) is 1. The molecule has 0 amide bonds. The largest absolute Gasteiger partial charge is 0.313 e. The van der Waals surface area contributed by atoms with Crippen molar-refractivity contribution in [3.63, 3.8) is 0 Å². The molecule has 2 rings (SSSR count). The summed E-state index contributed by atoms with van der Waals surface area (Å²) in [7, 11) is 0. The summed E-state index contributed by atoms with van der Waals surface area (Å²) in [4.78, 5) is 1.24. The second kappa shape index (κ2) is 2.44. The van der Waals surface area contributed by atoms with E-state index in [1.54, 1.807) is 5.57 Å². The molecule has 0 radical (unpaired) electrons. The van der Waals surface area contributed by atoms with Gasteiger partial charge in [0.05, 0.1) is 0 Å². The lowest BCUT2D eigenvalue weighted by molar-refractivity contribution is 0.622. The first-order valence-electron chi connectivity index (χ1n) is 3.63. The summed E-state index contributed by atoms with van der Waals surface area (Å²) >= 11 is 1.92. The molecule has 0 aromatic rings. The van der Waals surface area contributed by atoms with Gasteiger partial charge in [-0.3, -0.25) is 0 Å². The van der Waals surface area contributed by atoms with Crippen LogP contribution in [-0.4, -0.2) is 18.3 Å². The number of piperidine rings is 1. The standard InChI is InChI=1S/C8H11NS/c1-6-4-7-5-9-3-2-8(7)10-6/h4,8-9H,1-3,5H2. The van der Waals surface area contributed by atoms with Crippen LogP contribution in [0.2, 0.25) is 0 Å². The highest BCUT2D eigenvalue weighted by atomic mass is 32.2. The van der Waals surface area contributed by atoms with Crippen LogP contribution < -0.4 is 5.32 Å². The molecule has 0 saturated carbocycles. The monoisotopic (exact) mass is 153 g/mol. The van der Waals surface area contributed by atoms with Gasteiger partial charge >= 0.3 is 0 Å². The Morgan fingerprint density at radius 1 is 1.70 bits per heavy atom. The zero-order valence-corrected chi connectivity index (χ0v) is 6.71. The molecule has 0 spiro atoms.